The van der Waals surface area contributed by atoms with Crippen molar-refractivity contribution in [1.82, 2.24) is 4.90 Å². The van der Waals surface area contributed by atoms with Gasteiger partial charge in [0, 0.05) is 19.0 Å². The second kappa shape index (κ2) is 6.06. The molecule has 0 aliphatic carbocycles. The van der Waals surface area contributed by atoms with Crippen LogP contribution >= 0.6 is 11.6 Å². The summed E-state index contributed by atoms with van der Waals surface area (Å²) in [6, 6.07) is 0. The van der Waals surface area contributed by atoms with Crippen LogP contribution in [-0.2, 0) is 9.84 Å². The number of sulfone groups is 1. The molecule has 1 saturated heterocycles. The minimum absolute atomic E-state index is 0.330. The first-order valence-corrected chi connectivity index (χ1v) is 7.88. The van der Waals surface area contributed by atoms with Crippen molar-refractivity contribution in [1.29, 1.82) is 0 Å². The Labute approximate surface area is 97.7 Å². The molecule has 0 N–H and O–H groups in total. The molecule has 0 spiro atoms. The highest BCUT2D eigenvalue weighted by atomic mass is 35.5. The van der Waals surface area contributed by atoms with Gasteiger partial charge in [-0.1, -0.05) is 6.92 Å². The number of hydrogen-bond donors (Lipinski definition) is 0. The summed E-state index contributed by atoms with van der Waals surface area (Å²) in [6.07, 6.45) is 2.17. The lowest BCUT2D eigenvalue weighted by Gasteiger charge is -2.27. The van der Waals surface area contributed by atoms with Crippen molar-refractivity contribution < 1.29 is 8.42 Å². The van der Waals surface area contributed by atoms with Crippen LogP contribution in [0.2, 0.25) is 0 Å². The van der Waals surface area contributed by atoms with Crippen LogP contribution in [0.15, 0.2) is 0 Å². The summed E-state index contributed by atoms with van der Waals surface area (Å²) in [5, 5.41) is 0. The summed E-state index contributed by atoms with van der Waals surface area (Å²) in [5.41, 5.74) is 0. The Morgan fingerprint density at radius 2 is 1.87 bits per heavy atom. The Balaban J connectivity index is 2.19. The van der Waals surface area contributed by atoms with E-state index in [-0.39, 0.29) is 0 Å². The molecule has 0 saturated carbocycles. The average molecular weight is 254 g/mol. The van der Waals surface area contributed by atoms with Crippen LogP contribution in [0.5, 0.6) is 0 Å². The normalized spacial score (nSPS) is 23.9. The minimum Gasteiger partial charge on any atom is -0.301 e. The Morgan fingerprint density at radius 3 is 2.40 bits per heavy atom. The lowest BCUT2D eigenvalue weighted by Crippen LogP contribution is -2.41. The fourth-order valence-electron chi connectivity index (χ4n) is 1.71. The second-order valence-corrected chi connectivity index (χ2v) is 7.05. The van der Waals surface area contributed by atoms with Crippen LogP contribution in [0.4, 0.5) is 0 Å². The molecule has 1 atom stereocenters. The number of nitrogens with zero attached hydrogens (tertiary/aromatic N) is 1. The van der Waals surface area contributed by atoms with Gasteiger partial charge in [0.2, 0.25) is 0 Å². The van der Waals surface area contributed by atoms with Crippen molar-refractivity contribution in [2.45, 2.75) is 19.8 Å². The van der Waals surface area contributed by atoms with Crippen LogP contribution in [0.1, 0.15) is 19.8 Å². The van der Waals surface area contributed by atoms with E-state index in [1.165, 1.54) is 0 Å². The summed E-state index contributed by atoms with van der Waals surface area (Å²) >= 11 is 5.66. The molecule has 0 aromatic heterocycles. The van der Waals surface area contributed by atoms with E-state index in [1.807, 2.05) is 0 Å². The van der Waals surface area contributed by atoms with Crippen LogP contribution in [0.25, 0.3) is 0 Å². The molecule has 1 aliphatic rings. The van der Waals surface area contributed by atoms with Crippen LogP contribution in [0.3, 0.4) is 0 Å². The maximum Gasteiger partial charge on any atom is 0.152 e. The van der Waals surface area contributed by atoms with Crippen LogP contribution < -0.4 is 0 Å². The molecule has 0 bridgehead atoms. The maximum atomic E-state index is 11.2. The molecule has 5 heteroatoms. The van der Waals surface area contributed by atoms with Crippen molar-refractivity contribution in [2.75, 3.05) is 37.0 Å². The zero-order valence-corrected chi connectivity index (χ0v) is 10.9. The van der Waals surface area contributed by atoms with Gasteiger partial charge in [0.05, 0.1) is 11.5 Å². The van der Waals surface area contributed by atoms with Crippen molar-refractivity contribution in [2.24, 2.45) is 5.92 Å². The Hall–Kier alpha value is 0.200. The fourth-order valence-corrected chi connectivity index (χ4v) is 3.36. The maximum absolute atomic E-state index is 11.2. The monoisotopic (exact) mass is 253 g/mol. The van der Waals surface area contributed by atoms with Gasteiger partial charge >= 0.3 is 0 Å². The van der Waals surface area contributed by atoms with E-state index in [2.05, 4.69) is 11.8 Å². The number of halogens is 1. The second-order valence-electron chi connectivity index (χ2n) is 4.36. The molecule has 0 aromatic carbocycles. The molecule has 0 radical (unpaired) electrons. The fraction of sp³-hybridized carbons (Fsp3) is 1.00. The Kier molecular flexibility index (Phi) is 5.36. The molecule has 0 amide bonds. The van der Waals surface area contributed by atoms with Gasteiger partial charge in [0.15, 0.2) is 9.84 Å². The van der Waals surface area contributed by atoms with E-state index in [0.29, 0.717) is 30.5 Å². The SMILES string of the molecule is CC(CCCl)CCN1CCS(=O)(=O)CC1. The molecule has 1 unspecified atom stereocenters. The van der Waals surface area contributed by atoms with Crippen LogP contribution in [0, 0.1) is 5.92 Å². The Morgan fingerprint density at radius 1 is 1.27 bits per heavy atom. The van der Waals surface area contributed by atoms with Gasteiger partial charge in [0.25, 0.3) is 0 Å². The third kappa shape index (κ3) is 5.18. The molecule has 3 nitrogen and oxygen atoms in total. The predicted molar refractivity (Wildman–Crippen MR) is 64.2 cm³/mol. The van der Waals surface area contributed by atoms with E-state index in [0.717, 1.165) is 25.3 Å². The van der Waals surface area contributed by atoms with E-state index in [4.69, 9.17) is 11.6 Å². The predicted octanol–water partition coefficient (Wildman–Crippen LogP) is 1.37. The zero-order valence-electron chi connectivity index (χ0n) is 9.28. The summed E-state index contributed by atoms with van der Waals surface area (Å²) in [7, 11) is -2.73. The molecule has 90 valence electrons. The molecular formula is C10H20ClNO2S. The smallest absolute Gasteiger partial charge is 0.152 e. The largest absolute Gasteiger partial charge is 0.301 e. The van der Waals surface area contributed by atoms with Crippen molar-refractivity contribution in [3.63, 3.8) is 0 Å². The summed E-state index contributed by atoms with van der Waals surface area (Å²) in [6.45, 7) is 4.61. The first-order chi connectivity index (χ1) is 7.03. The molecule has 1 fully saturated rings. The summed E-state index contributed by atoms with van der Waals surface area (Å²) < 4.78 is 22.4. The lowest BCUT2D eigenvalue weighted by atomic mass is 10.1. The standard InChI is InChI=1S/C10H20ClNO2S/c1-10(2-4-11)3-5-12-6-8-15(13,14)9-7-12/h10H,2-9H2,1H3. The zero-order chi connectivity index (χ0) is 11.3. The van der Waals surface area contributed by atoms with Crippen molar-refractivity contribution in [3.05, 3.63) is 0 Å². The number of rotatable bonds is 5. The summed E-state index contributed by atoms with van der Waals surface area (Å²) in [5.74, 6) is 2.02. The molecule has 15 heavy (non-hydrogen) atoms. The van der Waals surface area contributed by atoms with Crippen molar-refractivity contribution in [3.8, 4) is 0 Å². The van der Waals surface area contributed by atoms with Gasteiger partial charge in [-0.2, -0.15) is 0 Å². The third-order valence-corrected chi connectivity index (χ3v) is 4.80. The van der Waals surface area contributed by atoms with E-state index >= 15 is 0 Å². The molecule has 1 rings (SSSR count). The molecule has 1 heterocycles. The third-order valence-electron chi connectivity index (χ3n) is 2.98. The van der Waals surface area contributed by atoms with Gasteiger partial charge in [0.1, 0.15) is 0 Å². The van der Waals surface area contributed by atoms with E-state index in [1.54, 1.807) is 0 Å². The first kappa shape index (κ1) is 13.3. The quantitative estimate of drug-likeness (QED) is 0.695. The van der Waals surface area contributed by atoms with Crippen LogP contribution in [-0.4, -0.2) is 50.3 Å². The highest BCUT2D eigenvalue weighted by Crippen LogP contribution is 2.11. The lowest BCUT2D eigenvalue weighted by molar-refractivity contribution is 0.272. The molecule has 1 aliphatic heterocycles. The highest BCUT2D eigenvalue weighted by molar-refractivity contribution is 7.91. The topological polar surface area (TPSA) is 37.4 Å². The van der Waals surface area contributed by atoms with Gasteiger partial charge in [-0.3, -0.25) is 0 Å². The number of hydrogen-bond acceptors (Lipinski definition) is 3. The molecule has 0 aromatic rings. The molecular weight excluding hydrogens is 234 g/mol. The Bertz CT molecular complexity index is 265. The minimum atomic E-state index is -2.73. The van der Waals surface area contributed by atoms with Crippen molar-refractivity contribution >= 4 is 21.4 Å². The number of alkyl halides is 1. The van der Waals surface area contributed by atoms with E-state index in [9.17, 15) is 8.42 Å². The van der Waals surface area contributed by atoms with Gasteiger partial charge in [-0.05, 0) is 25.3 Å². The van der Waals surface area contributed by atoms with E-state index < -0.39 is 9.84 Å². The summed E-state index contributed by atoms with van der Waals surface area (Å²) in [4.78, 5) is 2.24. The first-order valence-electron chi connectivity index (χ1n) is 5.52. The average Bonchev–Trinajstić information content (AvgIpc) is 2.17. The van der Waals surface area contributed by atoms with Gasteiger partial charge in [-0.15, -0.1) is 11.6 Å². The van der Waals surface area contributed by atoms with Gasteiger partial charge in [-0.25, -0.2) is 8.42 Å². The highest BCUT2D eigenvalue weighted by Gasteiger charge is 2.21. The van der Waals surface area contributed by atoms with Gasteiger partial charge < -0.3 is 4.90 Å².